The Hall–Kier alpha value is -2.35. The van der Waals surface area contributed by atoms with Crippen molar-refractivity contribution in [2.24, 2.45) is 0 Å². The van der Waals surface area contributed by atoms with Gasteiger partial charge in [-0.2, -0.15) is 0 Å². The van der Waals surface area contributed by atoms with Crippen molar-refractivity contribution in [2.45, 2.75) is 25.7 Å². The molecular formula is C15H17F2N3O2S. The molecule has 5 nitrogen and oxygen atoms in total. The van der Waals surface area contributed by atoms with Gasteiger partial charge in [-0.05, 0) is 49.6 Å². The van der Waals surface area contributed by atoms with Crippen LogP contribution in [0.15, 0.2) is 23.1 Å². The third kappa shape index (κ3) is 2.94. The van der Waals surface area contributed by atoms with Gasteiger partial charge in [-0.15, -0.1) is 0 Å². The molecule has 0 heterocycles. The fraction of sp³-hybridized carbons (Fsp3) is 0.200. The van der Waals surface area contributed by atoms with Crippen LogP contribution in [0.25, 0.3) is 0 Å². The second-order valence-electron chi connectivity index (χ2n) is 5.26. The number of anilines is 3. The van der Waals surface area contributed by atoms with Crippen molar-refractivity contribution in [1.82, 2.24) is 0 Å². The Morgan fingerprint density at radius 2 is 1.48 bits per heavy atom. The summed E-state index contributed by atoms with van der Waals surface area (Å²) in [5.41, 5.74) is 13.2. The highest BCUT2D eigenvalue weighted by Gasteiger charge is 2.25. The maximum Gasteiger partial charge on any atom is 0.262 e. The van der Waals surface area contributed by atoms with Crippen molar-refractivity contribution >= 4 is 27.1 Å². The van der Waals surface area contributed by atoms with Gasteiger partial charge in [0.15, 0.2) is 0 Å². The highest BCUT2D eigenvalue weighted by atomic mass is 32.2. The Morgan fingerprint density at radius 3 is 1.96 bits per heavy atom. The number of sulfonamides is 1. The number of nitrogens with two attached hydrogens (primary N) is 2. The summed E-state index contributed by atoms with van der Waals surface area (Å²) < 4.78 is 54.0. The molecular weight excluding hydrogens is 324 g/mol. The van der Waals surface area contributed by atoms with E-state index in [4.69, 9.17) is 11.5 Å². The molecule has 0 unspecified atom stereocenters. The van der Waals surface area contributed by atoms with Gasteiger partial charge in [-0.3, -0.25) is 4.72 Å². The average molecular weight is 341 g/mol. The Balaban J connectivity index is 2.61. The van der Waals surface area contributed by atoms with Gasteiger partial charge in [-0.1, -0.05) is 0 Å². The molecule has 0 bridgehead atoms. The molecule has 0 aliphatic heterocycles. The molecule has 2 rings (SSSR count). The minimum absolute atomic E-state index is 0.109. The molecule has 0 aliphatic rings. The largest absolute Gasteiger partial charge is 0.398 e. The molecule has 0 saturated heterocycles. The molecule has 23 heavy (non-hydrogen) atoms. The van der Waals surface area contributed by atoms with Crippen molar-refractivity contribution in [3.63, 3.8) is 0 Å². The second-order valence-corrected chi connectivity index (χ2v) is 6.88. The third-order valence-corrected chi connectivity index (χ3v) is 5.38. The number of benzene rings is 2. The normalized spacial score (nSPS) is 11.5. The fourth-order valence-electron chi connectivity index (χ4n) is 2.40. The predicted molar refractivity (Wildman–Crippen MR) is 86.6 cm³/mol. The summed E-state index contributed by atoms with van der Waals surface area (Å²) >= 11 is 0. The van der Waals surface area contributed by atoms with E-state index in [9.17, 15) is 17.2 Å². The molecule has 5 N–H and O–H groups in total. The van der Waals surface area contributed by atoms with Crippen molar-refractivity contribution in [3.05, 3.63) is 46.5 Å². The van der Waals surface area contributed by atoms with Gasteiger partial charge in [0.25, 0.3) is 10.0 Å². The van der Waals surface area contributed by atoms with Crippen LogP contribution >= 0.6 is 0 Å². The van der Waals surface area contributed by atoms with Crippen LogP contribution in [0.3, 0.4) is 0 Å². The van der Waals surface area contributed by atoms with Crippen molar-refractivity contribution in [1.29, 1.82) is 0 Å². The zero-order chi connectivity index (χ0) is 17.5. The lowest BCUT2D eigenvalue weighted by Crippen LogP contribution is -2.19. The standard InChI is InChI=1S/C15H17F2N3O2S/c1-7-13(18)8(2)15(9(3)14(7)19)23(21,22)20-12-5-4-10(16)6-11(12)17/h4-6,20H,18-19H2,1-3H3. The minimum Gasteiger partial charge on any atom is -0.398 e. The van der Waals surface area contributed by atoms with Gasteiger partial charge in [-0.25, -0.2) is 17.2 Å². The summed E-state index contributed by atoms with van der Waals surface area (Å²) in [6.07, 6.45) is 0. The SMILES string of the molecule is Cc1c(N)c(C)c(S(=O)(=O)Nc2ccc(F)cc2F)c(C)c1N. The van der Waals surface area contributed by atoms with Crippen LogP contribution in [0.1, 0.15) is 16.7 Å². The molecule has 0 aliphatic carbocycles. The molecule has 0 atom stereocenters. The van der Waals surface area contributed by atoms with Crippen LogP contribution in [0.5, 0.6) is 0 Å². The van der Waals surface area contributed by atoms with Crippen molar-refractivity contribution in [2.75, 3.05) is 16.2 Å². The maximum atomic E-state index is 13.7. The number of nitrogen functional groups attached to an aromatic ring is 2. The van der Waals surface area contributed by atoms with Gasteiger partial charge >= 0.3 is 0 Å². The van der Waals surface area contributed by atoms with Crippen LogP contribution in [0.4, 0.5) is 25.8 Å². The van der Waals surface area contributed by atoms with Gasteiger partial charge in [0.1, 0.15) is 11.6 Å². The van der Waals surface area contributed by atoms with E-state index in [2.05, 4.69) is 4.72 Å². The molecule has 2 aromatic carbocycles. The van der Waals surface area contributed by atoms with Gasteiger partial charge in [0, 0.05) is 17.4 Å². The zero-order valence-electron chi connectivity index (χ0n) is 12.9. The van der Waals surface area contributed by atoms with E-state index in [1.165, 1.54) is 0 Å². The Morgan fingerprint density at radius 1 is 0.957 bits per heavy atom. The number of nitrogens with one attached hydrogen (secondary N) is 1. The third-order valence-electron chi connectivity index (χ3n) is 3.74. The lowest BCUT2D eigenvalue weighted by molar-refractivity contribution is 0.582. The first-order valence-corrected chi connectivity index (χ1v) is 8.17. The van der Waals surface area contributed by atoms with Crippen LogP contribution in [-0.2, 0) is 10.0 Å². The summed E-state index contributed by atoms with van der Waals surface area (Å²) in [4.78, 5) is -0.109. The summed E-state index contributed by atoms with van der Waals surface area (Å²) in [6, 6.07) is 2.56. The van der Waals surface area contributed by atoms with Crippen LogP contribution in [0, 0.1) is 32.4 Å². The van der Waals surface area contributed by atoms with E-state index in [1.54, 1.807) is 20.8 Å². The van der Waals surface area contributed by atoms with Gasteiger partial charge in [0.05, 0.1) is 10.6 Å². The molecule has 0 aromatic heterocycles. The molecule has 0 spiro atoms. The minimum atomic E-state index is -4.14. The lowest BCUT2D eigenvalue weighted by Gasteiger charge is -2.18. The van der Waals surface area contributed by atoms with Crippen LogP contribution < -0.4 is 16.2 Å². The highest BCUT2D eigenvalue weighted by molar-refractivity contribution is 7.92. The summed E-state index contributed by atoms with van der Waals surface area (Å²) in [5.74, 6) is -1.82. The van der Waals surface area contributed by atoms with Gasteiger partial charge < -0.3 is 11.5 Å². The second kappa shape index (κ2) is 5.69. The summed E-state index contributed by atoms with van der Waals surface area (Å²) in [5, 5.41) is 0. The Kier molecular flexibility index (Phi) is 4.21. The topological polar surface area (TPSA) is 98.2 Å². The molecule has 0 fully saturated rings. The first kappa shape index (κ1) is 17.0. The summed E-state index contributed by atoms with van der Waals surface area (Å²) in [7, 11) is -4.14. The quantitative estimate of drug-likeness (QED) is 0.748. The zero-order valence-corrected chi connectivity index (χ0v) is 13.7. The molecule has 124 valence electrons. The predicted octanol–water partition coefficient (Wildman–Crippen LogP) is 2.86. The molecule has 0 saturated carbocycles. The summed E-state index contributed by atoms with van der Waals surface area (Å²) in [6.45, 7) is 4.78. The molecule has 2 aromatic rings. The Labute approximate surface area is 133 Å². The molecule has 8 heteroatoms. The van der Waals surface area contributed by atoms with Crippen molar-refractivity contribution < 1.29 is 17.2 Å². The first-order chi connectivity index (χ1) is 10.6. The van der Waals surface area contributed by atoms with Gasteiger partial charge in [0.2, 0.25) is 0 Å². The first-order valence-electron chi connectivity index (χ1n) is 6.68. The fourth-order valence-corrected chi connectivity index (χ4v) is 3.99. The van der Waals surface area contributed by atoms with Crippen molar-refractivity contribution in [3.8, 4) is 0 Å². The van der Waals surface area contributed by atoms with E-state index in [0.29, 0.717) is 22.8 Å². The molecule has 0 radical (unpaired) electrons. The maximum absolute atomic E-state index is 13.7. The highest BCUT2D eigenvalue weighted by Crippen LogP contribution is 2.34. The smallest absolute Gasteiger partial charge is 0.262 e. The lowest BCUT2D eigenvalue weighted by atomic mass is 10.0. The average Bonchev–Trinajstić information content (AvgIpc) is 2.46. The number of hydrogen-bond donors (Lipinski definition) is 3. The van der Waals surface area contributed by atoms with E-state index in [-0.39, 0.29) is 22.0 Å². The van der Waals surface area contributed by atoms with E-state index < -0.39 is 21.7 Å². The number of halogens is 2. The Bertz CT molecular complexity index is 867. The van der Waals surface area contributed by atoms with E-state index >= 15 is 0 Å². The van der Waals surface area contributed by atoms with Crippen LogP contribution in [0.2, 0.25) is 0 Å². The number of hydrogen-bond acceptors (Lipinski definition) is 4. The molecule has 0 amide bonds. The monoisotopic (exact) mass is 341 g/mol. The van der Waals surface area contributed by atoms with E-state index in [1.807, 2.05) is 0 Å². The van der Waals surface area contributed by atoms with E-state index in [0.717, 1.165) is 12.1 Å². The van der Waals surface area contributed by atoms with Crippen LogP contribution in [-0.4, -0.2) is 8.42 Å². The number of rotatable bonds is 3.